The van der Waals surface area contributed by atoms with Gasteiger partial charge in [0.2, 0.25) is 5.78 Å². The molecule has 1 atom stereocenters. The zero-order valence-corrected chi connectivity index (χ0v) is 9.71. The maximum atomic E-state index is 11.7. The number of carbonyl (C=O) groups excluding carboxylic acids is 1. The second-order valence-electron chi connectivity index (χ2n) is 3.34. The molecule has 2 rings (SSSR count). The van der Waals surface area contributed by atoms with Gasteiger partial charge >= 0.3 is 0 Å². The Morgan fingerprint density at radius 3 is 2.88 bits per heavy atom. The van der Waals surface area contributed by atoms with Crippen molar-refractivity contribution in [2.75, 3.05) is 0 Å². The monoisotopic (exact) mass is 234 g/mol. The molecule has 0 fully saturated rings. The van der Waals surface area contributed by atoms with Crippen molar-refractivity contribution < 1.29 is 13.7 Å². The summed E-state index contributed by atoms with van der Waals surface area (Å²) in [6, 6.07) is 10.8. The van der Waals surface area contributed by atoms with Gasteiger partial charge in [-0.2, -0.15) is 0 Å². The quantitative estimate of drug-likeness (QED) is 0.603. The van der Waals surface area contributed by atoms with Gasteiger partial charge < -0.3 is 8.94 Å². The number of Topliss-reactive ketones (excluding diaryl/α,β-unsaturated/α-hetero) is 1. The normalized spacial score (nSPS) is 10.1. The minimum absolute atomic E-state index is 0.0362. The van der Waals surface area contributed by atoms with Crippen LogP contribution in [0.2, 0.25) is 0 Å². The SMILES string of the molecule is O=C(Cc1cccc(OP)c1)c1ccco1. The Morgan fingerprint density at radius 1 is 1.31 bits per heavy atom. The van der Waals surface area contributed by atoms with Crippen molar-refractivity contribution in [2.45, 2.75) is 6.42 Å². The standard InChI is InChI=1S/C12H11O3P/c13-11(12-5-2-6-14-12)8-9-3-1-4-10(7-9)15-16/h1-7H,8,16H2. The predicted molar refractivity (Wildman–Crippen MR) is 63.5 cm³/mol. The van der Waals surface area contributed by atoms with Crippen LogP contribution in [-0.2, 0) is 6.42 Å². The van der Waals surface area contributed by atoms with Crippen molar-refractivity contribution >= 4 is 15.2 Å². The Hall–Kier alpha value is -1.60. The first kappa shape index (κ1) is 10.9. The molecule has 0 bridgehead atoms. The third kappa shape index (κ3) is 2.50. The summed E-state index contributed by atoms with van der Waals surface area (Å²) in [7, 11) is 2.18. The van der Waals surface area contributed by atoms with Crippen molar-refractivity contribution in [3.63, 3.8) is 0 Å². The molecule has 0 saturated carbocycles. The molecule has 0 amide bonds. The summed E-state index contributed by atoms with van der Waals surface area (Å²) in [6.45, 7) is 0. The predicted octanol–water partition coefficient (Wildman–Crippen LogP) is 2.87. The molecule has 0 aliphatic carbocycles. The molecule has 3 nitrogen and oxygen atoms in total. The van der Waals surface area contributed by atoms with Crippen molar-refractivity contribution in [1.82, 2.24) is 0 Å². The van der Waals surface area contributed by atoms with Gasteiger partial charge in [-0.15, -0.1) is 0 Å². The molecule has 0 aliphatic heterocycles. The van der Waals surface area contributed by atoms with Gasteiger partial charge in [0, 0.05) is 6.42 Å². The van der Waals surface area contributed by atoms with Gasteiger partial charge in [0.05, 0.1) is 15.7 Å². The number of rotatable bonds is 4. The smallest absolute Gasteiger partial charge is 0.202 e. The van der Waals surface area contributed by atoms with E-state index in [4.69, 9.17) is 8.94 Å². The molecule has 0 radical (unpaired) electrons. The van der Waals surface area contributed by atoms with E-state index in [1.165, 1.54) is 6.26 Å². The maximum Gasteiger partial charge on any atom is 0.202 e. The molecule has 4 heteroatoms. The third-order valence-electron chi connectivity index (χ3n) is 2.20. The highest BCUT2D eigenvalue weighted by Gasteiger charge is 2.09. The van der Waals surface area contributed by atoms with Crippen LogP contribution < -0.4 is 4.52 Å². The summed E-state index contributed by atoms with van der Waals surface area (Å²) in [5, 5.41) is 0. The third-order valence-corrected chi connectivity index (χ3v) is 2.47. The average Bonchev–Trinajstić information content (AvgIpc) is 2.83. The fraction of sp³-hybridized carbons (Fsp3) is 0.0833. The molecule has 16 heavy (non-hydrogen) atoms. The highest BCUT2D eigenvalue weighted by atomic mass is 31.0. The number of benzene rings is 1. The first-order chi connectivity index (χ1) is 7.79. The Kier molecular flexibility index (Phi) is 3.37. The van der Waals surface area contributed by atoms with Gasteiger partial charge in [0.25, 0.3) is 0 Å². The van der Waals surface area contributed by atoms with E-state index in [1.807, 2.05) is 24.3 Å². The van der Waals surface area contributed by atoms with Gasteiger partial charge in [-0.25, -0.2) is 0 Å². The Labute approximate surface area is 95.7 Å². The minimum atomic E-state index is -0.0362. The van der Waals surface area contributed by atoms with E-state index in [-0.39, 0.29) is 5.78 Å². The maximum absolute atomic E-state index is 11.7. The van der Waals surface area contributed by atoms with Gasteiger partial charge in [-0.05, 0) is 29.8 Å². The fourth-order valence-corrected chi connectivity index (χ4v) is 1.59. The van der Waals surface area contributed by atoms with E-state index in [9.17, 15) is 4.79 Å². The van der Waals surface area contributed by atoms with Crippen molar-refractivity contribution in [2.24, 2.45) is 0 Å². The number of furan rings is 1. The van der Waals surface area contributed by atoms with Gasteiger partial charge in [0.1, 0.15) is 5.75 Å². The largest absolute Gasteiger partial charge is 0.480 e. The molecule has 0 aliphatic rings. The molecule has 1 heterocycles. The lowest BCUT2D eigenvalue weighted by atomic mass is 10.1. The topological polar surface area (TPSA) is 39.4 Å². The van der Waals surface area contributed by atoms with Gasteiger partial charge in [0.15, 0.2) is 5.76 Å². The molecule has 0 saturated heterocycles. The van der Waals surface area contributed by atoms with E-state index in [0.717, 1.165) is 11.3 Å². The van der Waals surface area contributed by atoms with Crippen LogP contribution in [0.15, 0.2) is 47.1 Å². The van der Waals surface area contributed by atoms with E-state index < -0.39 is 0 Å². The minimum Gasteiger partial charge on any atom is -0.480 e. The molecule has 1 unspecified atom stereocenters. The van der Waals surface area contributed by atoms with Crippen LogP contribution in [0.5, 0.6) is 5.75 Å². The first-order valence-electron chi connectivity index (χ1n) is 4.82. The number of hydrogen-bond acceptors (Lipinski definition) is 3. The molecular weight excluding hydrogens is 223 g/mol. The summed E-state index contributed by atoms with van der Waals surface area (Å²) >= 11 is 0. The van der Waals surface area contributed by atoms with E-state index in [2.05, 4.69) is 9.47 Å². The number of hydrogen-bond donors (Lipinski definition) is 0. The fourth-order valence-electron chi connectivity index (χ4n) is 1.44. The molecule has 0 N–H and O–H groups in total. The average molecular weight is 234 g/mol. The van der Waals surface area contributed by atoms with Crippen LogP contribution in [0.3, 0.4) is 0 Å². The summed E-state index contributed by atoms with van der Waals surface area (Å²) in [4.78, 5) is 11.7. The van der Waals surface area contributed by atoms with Gasteiger partial charge in [-0.3, -0.25) is 4.79 Å². The molecule has 1 aromatic carbocycles. The van der Waals surface area contributed by atoms with E-state index in [1.54, 1.807) is 12.1 Å². The van der Waals surface area contributed by atoms with Crippen molar-refractivity contribution in [3.05, 3.63) is 54.0 Å². The zero-order valence-electron chi connectivity index (χ0n) is 8.55. The second-order valence-corrected chi connectivity index (χ2v) is 3.58. The Bertz CT molecular complexity index is 477. The number of ketones is 1. The van der Waals surface area contributed by atoms with Crippen LogP contribution in [0.4, 0.5) is 0 Å². The van der Waals surface area contributed by atoms with E-state index in [0.29, 0.717) is 12.2 Å². The molecule has 82 valence electrons. The summed E-state index contributed by atoms with van der Waals surface area (Å²) < 4.78 is 10.0. The molecular formula is C12H11O3P. The van der Waals surface area contributed by atoms with Crippen LogP contribution in [-0.4, -0.2) is 5.78 Å². The van der Waals surface area contributed by atoms with Crippen LogP contribution in [0.25, 0.3) is 0 Å². The van der Waals surface area contributed by atoms with Crippen LogP contribution in [0, 0.1) is 0 Å². The Balaban J connectivity index is 2.12. The first-order valence-corrected chi connectivity index (χ1v) is 5.29. The molecule has 2 aromatic rings. The highest BCUT2D eigenvalue weighted by molar-refractivity contribution is 7.10. The number of carbonyl (C=O) groups is 1. The molecule has 1 aromatic heterocycles. The highest BCUT2D eigenvalue weighted by Crippen LogP contribution is 2.17. The zero-order chi connectivity index (χ0) is 11.4. The molecule has 0 spiro atoms. The van der Waals surface area contributed by atoms with E-state index >= 15 is 0 Å². The lowest BCUT2D eigenvalue weighted by molar-refractivity contribution is 0.0966. The lowest BCUT2D eigenvalue weighted by Gasteiger charge is -2.02. The van der Waals surface area contributed by atoms with Crippen LogP contribution >= 0.6 is 9.47 Å². The summed E-state index contributed by atoms with van der Waals surface area (Å²) in [5.74, 6) is 1.07. The second kappa shape index (κ2) is 4.95. The lowest BCUT2D eigenvalue weighted by Crippen LogP contribution is -2.01. The van der Waals surface area contributed by atoms with Crippen LogP contribution in [0.1, 0.15) is 16.1 Å². The summed E-state index contributed by atoms with van der Waals surface area (Å²) in [6.07, 6.45) is 1.81. The Morgan fingerprint density at radius 2 is 2.19 bits per heavy atom. The van der Waals surface area contributed by atoms with Crippen molar-refractivity contribution in [3.8, 4) is 5.75 Å². The van der Waals surface area contributed by atoms with Gasteiger partial charge in [-0.1, -0.05) is 12.1 Å². The summed E-state index contributed by atoms with van der Waals surface area (Å²) in [5.41, 5.74) is 0.904. The van der Waals surface area contributed by atoms with Crippen molar-refractivity contribution in [1.29, 1.82) is 0 Å².